The molecule has 3 aromatic rings. The van der Waals surface area contributed by atoms with Crippen molar-refractivity contribution in [3.05, 3.63) is 53.9 Å². The molecule has 0 bridgehead atoms. The number of carbonyl (C=O) groups is 2. The van der Waals surface area contributed by atoms with E-state index in [1.165, 1.54) is 19.5 Å². The molecule has 7 nitrogen and oxygen atoms in total. The number of carboxylic acids is 1. The Morgan fingerprint density at radius 1 is 1.25 bits per heavy atom. The van der Waals surface area contributed by atoms with Crippen LogP contribution in [0.15, 0.2) is 42.7 Å². The highest BCUT2D eigenvalue weighted by Gasteiger charge is 2.16. The number of hydrogen-bond acceptors (Lipinski definition) is 4. The number of imidazole rings is 1. The second kappa shape index (κ2) is 6.04. The lowest BCUT2D eigenvalue weighted by Crippen LogP contribution is -2.13. The largest absolute Gasteiger partial charge is 0.497 e. The molecule has 0 saturated heterocycles. The molecule has 0 fully saturated rings. The van der Waals surface area contributed by atoms with Crippen molar-refractivity contribution in [2.24, 2.45) is 7.05 Å². The summed E-state index contributed by atoms with van der Waals surface area (Å²) in [7, 11) is 3.24. The van der Waals surface area contributed by atoms with Crippen molar-refractivity contribution in [1.82, 2.24) is 9.55 Å². The molecule has 1 amide bonds. The Morgan fingerprint density at radius 2 is 2.04 bits per heavy atom. The molecule has 0 saturated carbocycles. The highest BCUT2D eigenvalue weighted by atomic mass is 16.5. The lowest BCUT2D eigenvalue weighted by atomic mass is 10.1. The van der Waals surface area contributed by atoms with Gasteiger partial charge >= 0.3 is 5.97 Å². The minimum atomic E-state index is -1.08. The molecule has 0 radical (unpaired) electrons. The van der Waals surface area contributed by atoms with Crippen LogP contribution in [-0.2, 0) is 7.05 Å². The normalized spacial score (nSPS) is 10.6. The molecule has 0 aliphatic carbocycles. The number of methoxy groups -OCH3 is 1. The predicted molar refractivity (Wildman–Crippen MR) is 88.6 cm³/mol. The minimum Gasteiger partial charge on any atom is -0.497 e. The molecule has 0 atom stereocenters. The van der Waals surface area contributed by atoms with Gasteiger partial charge < -0.3 is 19.7 Å². The van der Waals surface area contributed by atoms with Gasteiger partial charge in [0.05, 0.1) is 30.0 Å². The average molecular weight is 325 g/mol. The number of benzene rings is 2. The number of carboxylic acid groups (broad SMARTS) is 1. The molecule has 0 aliphatic rings. The highest BCUT2D eigenvalue weighted by molar-refractivity contribution is 6.08. The van der Waals surface area contributed by atoms with Gasteiger partial charge in [-0.1, -0.05) is 6.07 Å². The zero-order valence-corrected chi connectivity index (χ0v) is 13.1. The van der Waals surface area contributed by atoms with Crippen LogP contribution in [0.5, 0.6) is 5.75 Å². The van der Waals surface area contributed by atoms with Crippen LogP contribution in [-0.4, -0.2) is 33.6 Å². The fourth-order valence-electron chi connectivity index (χ4n) is 2.50. The summed E-state index contributed by atoms with van der Waals surface area (Å²) < 4.78 is 6.73. The Morgan fingerprint density at radius 3 is 2.75 bits per heavy atom. The molecule has 2 N–H and O–H groups in total. The third-order valence-corrected chi connectivity index (χ3v) is 3.63. The van der Waals surface area contributed by atoms with Crippen LogP contribution in [0.25, 0.3) is 11.0 Å². The van der Waals surface area contributed by atoms with E-state index in [1.807, 2.05) is 0 Å². The van der Waals surface area contributed by atoms with E-state index in [-0.39, 0.29) is 11.5 Å². The Hall–Kier alpha value is -3.35. The first kappa shape index (κ1) is 15.5. The van der Waals surface area contributed by atoms with Crippen LogP contribution in [0.3, 0.4) is 0 Å². The van der Waals surface area contributed by atoms with Crippen molar-refractivity contribution < 1.29 is 19.4 Å². The Bertz CT molecular complexity index is 946. The van der Waals surface area contributed by atoms with Crippen LogP contribution in [0.4, 0.5) is 5.69 Å². The minimum absolute atomic E-state index is 0.0773. The zero-order chi connectivity index (χ0) is 17.3. The van der Waals surface area contributed by atoms with E-state index in [0.29, 0.717) is 28.0 Å². The number of nitrogens with zero attached hydrogens (tertiary/aromatic N) is 2. The summed E-state index contributed by atoms with van der Waals surface area (Å²) in [6, 6.07) is 9.75. The number of nitrogens with one attached hydrogen (secondary N) is 1. The molecule has 1 heterocycles. The summed E-state index contributed by atoms with van der Waals surface area (Å²) in [6.07, 6.45) is 1.53. The number of aromatic nitrogens is 2. The van der Waals surface area contributed by atoms with Crippen LogP contribution >= 0.6 is 0 Å². The van der Waals surface area contributed by atoms with E-state index >= 15 is 0 Å². The maximum atomic E-state index is 12.4. The van der Waals surface area contributed by atoms with E-state index in [0.717, 1.165) is 0 Å². The van der Waals surface area contributed by atoms with Crippen LogP contribution < -0.4 is 10.1 Å². The van der Waals surface area contributed by atoms with E-state index in [2.05, 4.69) is 10.3 Å². The topological polar surface area (TPSA) is 93.4 Å². The molecular weight excluding hydrogens is 310 g/mol. The predicted octanol–water partition coefficient (Wildman–Crippen LogP) is 2.53. The van der Waals surface area contributed by atoms with Gasteiger partial charge in [0.25, 0.3) is 5.91 Å². The molecule has 0 aliphatic heterocycles. The average Bonchev–Trinajstić information content (AvgIpc) is 2.95. The smallest absolute Gasteiger partial charge is 0.337 e. The zero-order valence-electron chi connectivity index (χ0n) is 13.1. The van der Waals surface area contributed by atoms with Gasteiger partial charge in [-0.05, 0) is 30.3 Å². The third kappa shape index (κ3) is 2.79. The van der Waals surface area contributed by atoms with Crippen molar-refractivity contribution in [2.75, 3.05) is 12.4 Å². The first-order valence-electron chi connectivity index (χ1n) is 7.13. The fraction of sp³-hybridized carbons (Fsp3) is 0.118. The summed E-state index contributed by atoms with van der Waals surface area (Å²) in [5.74, 6) is -0.879. The summed E-state index contributed by atoms with van der Waals surface area (Å²) in [5.41, 5.74) is 1.85. The number of amides is 1. The Labute approximate surface area is 137 Å². The van der Waals surface area contributed by atoms with Crippen LogP contribution in [0, 0.1) is 0 Å². The number of ether oxygens (including phenoxy) is 1. The van der Waals surface area contributed by atoms with Gasteiger partial charge in [-0.3, -0.25) is 4.79 Å². The van der Waals surface area contributed by atoms with Gasteiger partial charge in [0.1, 0.15) is 5.75 Å². The molecule has 0 spiro atoms. The van der Waals surface area contributed by atoms with Crippen molar-refractivity contribution in [3.63, 3.8) is 0 Å². The number of carbonyl (C=O) groups excluding carboxylic acids is 1. The molecule has 122 valence electrons. The van der Waals surface area contributed by atoms with Crippen molar-refractivity contribution >= 4 is 28.6 Å². The number of rotatable bonds is 4. The maximum absolute atomic E-state index is 12.4. The van der Waals surface area contributed by atoms with Crippen molar-refractivity contribution in [3.8, 4) is 5.75 Å². The van der Waals surface area contributed by atoms with E-state index in [9.17, 15) is 14.7 Å². The molecule has 24 heavy (non-hydrogen) atoms. The first-order chi connectivity index (χ1) is 11.5. The number of aromatic carboxylic acids is 1. The summed E-state index contributed by atoms with van der Waals surface area (Å²) in [5, 5.41) is 12.1. The molecular formula is C17H15N3O4. The van der Waals surface area contributed by atoms with Crippen molar-refractivity contribution in [2.45, 2.75) is 0 Å². The van der Waals surface area contributed by atoms with Gasteiger partial charge in [0.15, 0.2) is 0 Å². The highest BCUT2D eigenvalue weighted by Crippen LogP contribution is 2.24. The summed E-state index contributed by atoms with van der Waals surface area (Å²) in [4.78, 5) is 28.0. The second-order valence-electron chi connectivity index (χ2n) is 5.24. The van der Waals surface area contributed by atoms with Crippen molar-refractivity contribution in [1.29, 1.82) is 0 Å². The first-order valence-corrected chi connectivity index (χ1v) is 7.13. The molecule has 3 rings (SSSR count). The second-order valence-corrected chi connectivity index (χ2v) is 5.24. The number of aryl methyl sites for hydroxylation is 1. The number of fused-ring (bicyclic) bond motifs is 1. The fourth-order valence-corrected chi connectivity index (χ4v) is 2.50. The molecule has 7 heteroatoms. The Kier molecular flexibility index (Phi) is 3.91. The molecule has 0 unspecified atom stereocenters. The quantitative estimate of drug-likeness (QED) is 0.769. The standard InChI is InChI=1S/C17H15N3O4/c1-20-9-18-14-8-11(7-13(15(14)20)17(22)23)19-16(21)10-4-3-5-12(6-10)24-2/h3-9H,1-2H3,(H,19,21)(H,22,23). The molecule has 1 aromatic heterocycles. The van der Waals surface area contributed by atoms with Gasteiger partial charge in [0.2, 0.25) is 0 Å². The lowest BCUT2D eigenvalue weighted by Gasteiger charge is -2.09. The number of hydrogen-bond donors (Lipinski definition) is 2. The van der Waals surface area contributed by atoms with Crippen LogP contribution in [0.2, 0.25) is 0 Å². The maximum Gasteiger partial charge on any atom is 0.337 e. The van der Waals surface area contributed by atoms with E-state index in [4.69, 9.17) is 4.74 Å². The third-order valence-electron chi connectivity index (χ3n) is 3.63. The van der Waals surface area contributed by atoms with Gasteiger partial charge in [-0.25, -0.2) is 9.78 Å². The summed E-state index contributed by atoms with van der Waals surface area (Å²) in [6.45, 7) is 0. The monoisotopic (exact) mass is 325 g/mol. The van der Waals surface area contributed by atoms with Gasteiger partial charge in [-0.15, -0.1) is 0 Å². The van der Waals surface area contributed by atoms with Crippen LogP contribution in [0.1, 0.15) is 20.7 Å². The van der Waals surface area contributed by atoms with E-state index < -0.39 is 5.97 Å². The molecule has 2 aromatic carbocycles. The number of anilines is 1. The SMILES string of the molecule is COc1cccc(C(=O)Nc2cc(C(=O)O)c3c(c2)ncn3C)c1. The Balaban J connectivity index is 1.97. The summed E-state index contributed by atoms with van der Waals surface area (Å²) >= 11 is 0. The van der Waals surface area contributed by atoms with Gasteiger partial charge in [-0.2, -0.15) is 0 Å². The van der Waals surface area contributed by atoms with E-state index in [1.54, 1.807) is 41.9 Å². The van der Waals surface area contributed by atoms with Gasteiger partial charge in [0, 0.05) is 18.3 Å². The lowest BCUT2D eigenvalue weighted by molar-refractivity contribution is 0.0698.